The quantitative estimate of drug-likeness (QED) is 0.666. The highest BCUT2D eigenvalue weighted by Gasteiger charge is 2.10. The summed E-state index contributed by atoms with van der Waals surface area (Å²) in [4.78, 5) is 0. The van der Waals surface area contributed by atoms with Crippen LogP contribution in [0, 0.1) is 13.8 Å². The van der Waals surface area contributed by atoms with Gasteiger partial charge in [-0.05, 0) is 42.0 Å². The lowest BCUT2D eigenvalue weighted by molar-refractivity contribution is 0.859. The third-order valence-corrected chi connectivity index (χ3v) is 3.26. The van der Waals surface area contributed by atoms with Crippen LogP contribution in [0.5, 0.6) is 0 Å². The molecular formula is C17H20. The van der Waals surface area contributed by atoms with E-state index in [0.717, 1.165) is 0 Å². The molecule has 17 heavy (non-hydrogen) atoms. The normalized spacial score (nSPS) is 10.9. The van der Waals surface area contributed by atoms with Gasteiger partial charge in [0.1, 0.15) is 0 Å². The molecule has 0 nitrogen and oxygen atoms in total. The summed E-state index contributed by atoms with van der Waals surface area (Å²) in [6, 6.07) is 15.4. The number of aryl methyl sites for hydroxylation is 2. The van der Waals surface area contributed by atoms with E-state index in [1.165, 1.54) is 27.8 Å². The molecule has 0 N–H and O–H groups in total. The Morgan fingerprint density at radius 2 is 1.47 bits per heavy atom. The molecule has 0 radical (unpaired) electrons. The molecule has 0 saturated heterocycles. The lowest BCUT2D eigenvalue weighted by Gasteiger charge is -2.16. The van der Waals surface area contributed by atoms with E-state index in [2.05, 4.69) is 70.2 Å². The first kappa shape index (κ1) is 11.9. The van der Waals surface area contributed by atoms with Crippen LogP contribution >= 0.6 is 0 Å². The average molecular weight is 224 g/mol. The fourth-order valence-electron chi connectivity index (χ4n) is 2.43. The van der Waals surface area contributed by atoms with E-state index in [9.17, 15) is 0 Å². The summed E-state index contributed by atoms with van der Waals surface area (Å²) in [7, 11) is 0. The molecule has 0 heterocycles. The summed E-state index contributed by atoms with van der Waals surface area (Å²) in [5.74, 6) is 0.563. The average Bonchev–Trinajstić information content (AvgIpc) is 2.29. The van der Waals surface area contributed by atoms with E-state index in [1.807, 2.05) is 0 Å². The van der Waals surface area contributed by atoms with Crippen molar-refractivity contribution < 1.29 is 0 Å². The van der Waals surface area contributed by atoms with Crippen molar-refractivity contribution in [1.29, 1.82) is 0 Å². The first-order chi connectivity index (χ1) is 8.09. The molecule has 0 bridgehead atoms. The van der Waals surface area contributed by atoms with Gasteiger partial charge in [-0.15, -0.1) is 0 Å². The summed E-state index contributed by atoms with van der Waals surface area (Å²) in [6.45, 7) is 8.86. The van der Waals surface area contributed by atoms with Gasteiger partial charge in [0.15, 0.2) is 0 Å². The molecule has 88 valence electrons. The van der Waals surface area contributed by atoms with Gasteiger partial charge in [-0.2, -0.15) is 0 Å². The Hall–Kier alpha value is -1.56. The van der Waals surface area contributed by atoms with Gasteiger partial charge in [0.25, 0.3) is 0 Å². The van der Waals surface area contributed by atoms with Crippen molar-refractivity contribution in [3.63, 3.8) is 0 Å². The molecule has 2 rings (SSSR count). The third kappa shape index (κ3) is 2.41. The molecular weight excluding hydrogens is 204 g/mol. The topological polar surface area (TPSA) is 0 Å². The largest absolute Gasteiger partial charge is 0.0614 e. The predicted molar refractivity (Wildman–Crippen MR) is 75.4 cm³/mol. The minimum atomic E-state index is 0.563. The molecule has 0 amide bonds. The molecule has 0 aliphatic rings. The Morgan fingerprint density at radius 3 is 2.06 bits per heavy atom. The van der Waals surface area contributed by atoms with Gasteiger partial charge >= 0.3 is 0 Å². The third-order valence-electron chi connectivity index (χ3n) is 3.26. The lowest BCUT2D eigenvalue weighted by atomic mass is 9.89. The zero-order valence-electron chi connectivity index (χ0n) is 11.1. The highest BCUT2D eigenvalue weighted by molar-refractivity contribution is 5.69. The second-order valence-electron chi connectivity index (χ2n) is 5.06. The van der Waals surface area contributed by atoms with E-state index in [-0.39, 0.29) is 0 Å². The fraction of sp³-hybridized carbons (Fsp3) is 0.294. The van der Waals surface area contributed by atoms with Gasteiger partial charge in [0.2, 0.25) is 0 Å². The number of hydrogen-bond acceptors (Lipinski definition) is 0. The van der Waals surface area contributed by atoms with Crippen LogP contribution in [0.4, 0.5) is 0 Å². The van der Waals surface area contributed by atoms with Crippen LogP contribution in [-0.4, -0.2) is 0 Å². The van der Waals surface area contributed by atoms with Gasteiger partial charge in [0.05, 0.1) is 0 Å². The van der Waals surface area contributed by atoms with Crippen LogP contribution in [0.3, 0.4) is 0 Å². The van der Waals surface area contributed by atoms with E-state index in [4.69, 9.17) is 0 Å². The maximum atomic E-state index is 2.26. The summed E-state index contributed by atoms with van der Waals surface area (Å²) >= 11 is 0. The van der Waals surface area contributed by atoms with Crippen LogP contribution in [0.1, 0.15) is 36.5 Å². The maximum absolute atomic E-state index is 2.26. The van der Waals surface area contributed by atoms with Crippen LogP contribution in [0.25, 0.3) is 11.1 Å². The minimum absolute atomic E-state index is 0.563. The minimum Gasteiger partial charge on any atom is -0.0614 e. The van der Waals surface area contributed by atoms with Crippen LogP contribution < -0.4 is 0 Å². The SMILES string of the molecule is Cc1ccc(-c2cccc(C)c2C(C)C)cc1. The zero-order valence-corrected chi connectivity index (χ0v) is 11.1. The Labute approximate surface area is 104 Å². The number of benzene rings is 2. The van der Waals surface area contributed by atoms with Gasteiger partial charge in [-0.3, -0.25) is 0 Å². The fourth-order valence-corrected chi connectivity index (χ4v) is 2.43. The van der Waals surface area contributed by atoms with Crippen LogP contribution in [-0.2, 0) is 0 Å². The van der Waals surface area contributed by atoms with Gasteiger partial charge in [-0.1, -0.05) is 61.9 Å². The highest BCUT2D eigenvalue weighted by atomic mass is 14.1. The molecule has 2 aromatic carbocycles. The molecule has 2 aromatic rings. The summed E-state index contributed by atoms with van der Waals surface area (Å²) < 4.78 is 0. The second-order valence-corrected chi connectivity index (χ2v) is 5.06. The van der Waals surface area contributed by atoms with E-state index < -0.39 is 0 Å². The lowest BCUT2D eigenvalue weighted by Crippen LogP contribution is -1.96. The monoisotopic (exact) mass is 224 g/mol. The van der Waals surface area contributed by atoms with Crippen molar-refractivity contribution in [2.24, 2.45) is 0 Å². The van der Waals surface area contributed by atoms with Gasteiger partial charge < -0.3 is 0 Å². The molecule has 0 aliphatic carbocycles. The van der Waals surface area contributed by atoms with Gasteiger partial charge in [-0.25, -0.2) is 0 Å². The molecule has 0 heteroatoms. The van der Waals surface area contributed by atoms with Crippen LogP contribution in [0.2, 0.25) is 0 Å². The molecule has 0 aliphatic heterocycles. The molecule has 0 atom stereocenters. The van der Waals surface area contributed by atoms with Crippen molar-refractivity contribution in [3.8, 4) is 11.1 Å². The van der Waals surface area contributed by atoms with E-state index >= 15 is 0 Å². The number of hydrogen-bond donors (Lipinski definition) is 0. The molecule has 0 spiro atoms. The van der Waals surface area contributed by atoms with E-state index in [0.29, 0.717) is 5.92 Å². The van der Waals surface area contributed by atoms with Crippen molar-refractivity contribution in [3.05, 3.63) is 59.2 Å². The Kier molecular flexibility index (Phi) is 3.33. The van der Waals surface area contributed by atoms with E-state index in [1.54, 1.807) is 0 Å². The standard InChI is InChI=1S/C17H20/c1-12(2)17-14(4)6-5-7-16(17)15-10-8-13(3)9-11-15/h5-12H,1-4H3. The van der Waals surface area contributed by atoms with Crippen LogP contribution in [0.15, 0.2) is 42.5 Å². The summed E-state index contributed by atoms with van der Waals surface area (Å²) in [5, 5.41) is 0. The predicted octanol–water partition coefficient (Wildman–Crippen LogP) is 5.09. The number of rotatable bonds is 2. The van der Waals surface area contributed by atoms with Crippen molar-refractivity contribution in [2.45, 2.75) is 33.6 Å². The smallest absolute Gasteiger partial charge is 0.0147 e. The van der Waals surface area contributed by atoms with Crippen molar-refractivity contribution in [1.82, 2.24) is 0 Å². The highest BCUT2D eigenvalue weighted by Crippen LogP contribution is 2.31. The zero-order chi connectivity index (χ0) is 12.4. The molecule has 0 aromatic heterocycles. The molecule has 0 unspecified atom stereocenters. The Balaban J connectivity index is 2.59. The molecule has 0 fully saturated rings. The van der Waals surface area contributed by atoms with Crippen molar-refractivity contribution in [2.75, 3.05) is 0 Å². The Morgan fingerprint density at radius 1 is 0.824 bits per heavy atom. The second kappa shape index (κ2) is 4.75. The van der Waals surface area contributed by atoms with Gasteiger partial charge in [0, 0.05) is 0 Å². The summed E-state index contributed by atoms with van der Waals surface area (Å²) in [6.07, 6.45) is 0. The maximum Gasteiger partial charge on any atom is -0.0147 e. The first-order valence-corrected chi connectivity index (χ1v) is 6.26. The Bertz CT molecular complexity index is 504. The molecule has 0 saturated carbocycles. The first-order valence-electron chi connectivity index (χ1n) is 6.26. The van der Waals surface area contributed by atoms with Crippen molar-refractivity contribution >= 4 is 0 Å². The summed E-state index contributed by atoms with van der Waals surface area (Å²) in [5.41, 5.74) is 6.87.